The summed E-state index contributed by atoms with van der Waals surface area (Å²) in [4.78, 5) is 15.0. The van der Waals surface area contributed by atoms with Crippen LogP contribution in [0.2, 0.25) is 10.0 Å². The van der Waals surface area contributed by atoms with Gasteiger partial charge in [0, 0.05) is 18.7 Å². The number of hydrogen-bond acceptors (Lipinski definition) is 4. The Morgan fingerprint density at radius 3 is 2.50 bits per heavy atom. The summed E-state index contributed by atoms with van der Waals surface area (Å²) >= 11 is 13.8. The Morgan fingerprint density at radius 1 is 0.971 bits per heavy atom. The highest BCUT2D eigenvalue weighted by Gasteiger charge is 2.23. The van der Waals surface area contributed by atoms with Crippen LogP contribution in [-0.4, -0.2) is 37.9 Å². The zero-order valence-corrected chi connectivity index (χ0v) is 20.9. The third-order valence-corrected chi connectivity index (χ3v) is 7.57. The van der Waals surface area contributed by atoms with Crippen molar-refractivity contribution in [3.05, 3.63) is 93.5 Å². The van der Waals surface area contributed by atoms with Gasteiger partial charge in [-0.1, -0.05) is 89.1 Å². The summed E-state index contributed by atoms with van der Waals surface area (Å²) in [5.41, 5.74) is 5.41. The number of aryl methyl sites for hydroxylation is 1. The van der Waals surface area contributed by atoms with Crippen LogP contribution >= 0.6 is 35.0 Å². The highest BCUT2D eigenvalue weighted by Crippen LogP contribution is 2.32. The lowest BCUT2D eigenvalue weighted by Gasteiger charge is -2.28. The van der Waals surface area contributed by atoms with Crippen molar-refractivity contribution in [2.75, 3.05) is 12.3 Å². The summed E-state index contributed by atoms with van der Waals surface area (Å²) in [6.07, 6.45) is 0.879. The second kappa shape index (κ2) is 9.82. The van der Waals surface area contributed by atoms with Crippen molar-refractivity contribution in [1.29, 1.82) is 0 Å². The number of amides is 1. The summed E-state index contributed by atoms with van der Waals surface area (Å²) in [5.74, 6) is 1.04. The van der Waals surface area contributed by atoms with Crippen molar-refractivity contribution in [3.63, 3.8) is 0 Å². The molecule has 0 saturated heterocycles. The van der Waals surface area contributed by atoms with E-state index >= 15 is 0 Å². The number of rotatable bonds is 5. The quantitative estimate of drug-likeness (QED) is 0.300. The zero-order chi connectivity index (χ0) is 23.7. The molecule has 0 saturated carbocycles. The molecular weight excluding hydrogens is 487 g/mol. The van der Waals surface area contributed by atoms with E-state index in [2.05, 4.69) is 22.3 Å². The molecule has 0 atom stereocenters. The van der Waals surface area contributed by atoms with E-state index in [1.54, 1.807) is 12.1 Å². The van der Waals surface area contributed by atoms with Crippen molar-refractivity contribution in [1.82, 2.24) is 19.7 Å². The van der Waals surface area contributed by atoms with Gasteiger partial charge >= 0.3 is 0 Å². The van der Waals surface area contributed by atoms with Gasteiger partial charge in [0.15, 0.2) is 11.0 Å². The van der Waals surface area contributed by atoms with Crippen LogP contribution in [0.25, 0.3) is 17.1 Å². The molecule has 0 bridgehead atoms. The van der Waals surface area contributed by atoms with E-state index in [-0.39, 0.29) is 11.7 Å². The number of carbonyl (C=O) groups is 1. The number of thioether (sulfide) groups is 1. The van der Waals surface area contributed by atoms with Crippen molar-refractivity contribution in [3.8, 4) is 17.1 Å². The fourth-order valence-electron chi connectivity index (χ4n) is 4.04. The molecule has 5 rings (SSSR count). The second-order valence-corrected chi connectivity index (χ2v) is 9.99. The van der Waals surface area contributed by atoms with Crippen molar-refractivity contribution < 1.29 is 4.79 Å². The smallest absolute Gasteiger partial charge is 0.233 e. The third kappa shape index (κ3) is 4.71. The van der Waals surface area contributed by atoms with Crippen LogP contribution in [0.1, 0.15) is 16.7 Å². The second-order valence-electron chi connectivity index (χ2n) is 8.23. The van der Waals surface area contributed by atoms with Gasteiger partial charge in [0.25, 0.3) is 0 Å². The predicted octanol–water partition coefficient (Wildman–Crippen LogP) is 6.23. The summed E-state index contributed by atoms with van der Waals surface area (Å²) in [7, 11) is 0. The summed E-state index contributed by atoms with van der Waals surface area (Å²) in [6.45, 7) is 3.41. The Kier molecular flexibility index (Phi) is 6.63. The minimum absolute atomic E-state index is 0.0834. The van der Waals surface area contributed by atoms with Gasteiger partial charge in [-0.2, -0.15) is 0 Å². The van der Waals surface area contributed by atoms with Crippen LogP contribution in [0.5, 0.6) is 0 Å². The molecule has 0 unspecified atom stereocenters. The molecule has 0 fully saturated rings. The van der Waals surface area contributed by atoms with E-state index in [9.17, 15) is 4.79 Å². The molecule has 0 spiro atoms. The van der Waals surface area contributed by atoms with Crippen molar-refractivity contribution in [2.45, 2.75) is 25.0 Å². The normalized spacial score (nSPS) is 13.1. The molecule has 8 heteroatoms. The number of aromatic nitrogens is 3. The first-order valence-electron chi connectivity index (χ1n) is 10.9. The molecule has 34 heavy (non-hydrogen) atoms. The van der Waals surface area contributed by atoms with Crippen LogP contribution in [-0.2, 0) is 17.8 Å². The average Bonchev–Trinajstić information content (AvgIpc) is 3.28. The van der Waals surface area contributed by atoms with Crippen molar-refractivity contribution >= 4 is 40.9 Å². The first kappa shape index (κ1) is 23.0. The average molecular weight is 509 g/mol. The van der Waals surface area contributed by atoms with E-state index in [0.29, 0.717) is 27.6 Å². The van der Waals surface area contributed by atoms with E-state index in [1.165, 1.54) is 22.9 Å². The summed E-state index contributed by atoms with van der Waals surface area (Å²) in [5, 5.41) is 10.4. The lowest BCUT2D eigenvalue weighted by Crippen LogP contribution is -2.37. The molecule has 5 nitrogen and oxygen atoms in total. The summed E-state index contributed by atoms with van der Waals surface area (Å²) < 4.78 is 1.93. The largest absolute Gasteiger partial charge is 0.337 e. The molecule has 1 amide bonds. The Labute approximate surface area is 212 Å². The molecule has 1 aromatic heterocycles. The predicted molar refractivity (Wildman–Crippen MR) is 138 cm³/mol. The molecular formula is C26H22Cl2N4OS. The lowest BCUT2D eigenvalue weighted by atomic mass is 10.00. The number of nitrogens with zero attached hydrogens (tertiary/aromatic N) is 4. The maximum atomic E-state index is 13.1. The van der Waals surface area contributed by atoms with E-state index in [4.69, 9.17) is 23.2 Å². The first-order chi connectivity index (χ1) is 16.5. The number of halogens is 2. The fourth-order valence-corrected chi connectivity index (χ4v) is 5.18. The van der Waals surface area contributed by atoms with Gasteiger partial charge in [0.05, 0.1) is 21.5 Å². The maximum Gasteiger partial charge on any atom is 0.233 e. The number of fused-ring (bicyclic) bond motifs is 1. The van der Waals surface area contributed by atoms with Gasteiger partial charge in [0.2, 0.25) is 5.91 Å². The van der Waals surface area contributed by atoms with Gasteiger partial charge in [-0.15, -0.1) is 10.2 Å². The van der Waals surface area contributed by atoms with Crippen LogP contribution in [0, 0.1) is 6.92 Å². The molecule has 2 heterocycles. The van der Waals surface area contributed by atoms with Crippen molar-refractivity contribution in [2.24, 2.45) is 0 Å². The van der Waals surface area contributed by atoms with Gasteiger partial charge in [-0.05, 0) is 42.7 Å². The van der Waals surface area contributed by atoms with Gasteiger partial charge < -0.3 is 4.90 Å². The number of benzene rings is 3. The van der Waals surface area contributed by atoms with Gasteiger partial charge in [-0.3, -0.25) is 9.36 Å². The number of carbonyl (C=O) groups excluding carboxylic acids is 1. The van der Waals surface area contributed by atoms with Crippen LogP contribution in [0.3, 0.4) is 0 Å². The minimum Gasteiger partial charge on any atom is -0.337 e. The summed E-state index contributed by atoms with van der Waals surface area (Å²) in [6, 6.07) is 21.8. The lowest BCUT2D eigenvalue weighted by molar-refractivity contribution is -0.129. The Hall–Kier alpha value is -2.80. The maximum absolute atomic E-state index is 13.1. The fraction of sp³-hybridized carbons (Fsp3) is 0.192. The van der Waals surface area contributed by atoms with Crippen LogP contribution in [0.15, 0.2) is 71.9 Å². The molecule has 1 aliphatic heterocycles. The van der Waals surface area contributed by atoms with Gasteiger partial charge in [-0.25, -0.2) is 0 Å². The molecule has 3 aromatic carbocycles. The van der Waals surface area contributed by atoms with E-state index < -0.39 is 0 Å². The van der Waals surface area contributed by atoms with E-state index in [1.807, 2.05) is 58.9 Å². The first-order valence-corrected chi connectivity index (χ1v) is 12.7. The van der Waals surface area contributed by atoms with Gasteiger partial charge in [0.1, 0.15) is 0 Å². The molecule has 4 aromatic rings. The van der Waals surface area contributed by atoms with Crippen LogP contribution in [0.4, 0.5) is 0 Å². The van der Waals surface area contributed by atoms with E-state index in [0.717, 1.165) is 29.8 Å². The Bertz CT molecular complexity index is 1350. The molecule has 0 radical (unpaired) electrons. The highest BCUT2D eigenvalue weighted by molar-refractivity contribution is 7.99. The SMILES string of the molecule is Cc1ccc(-c2nnc(SCC(=O)N3CCc4ccccc4C3)n2-c2ccc(Cl)c(Cl)c2)cc1. The monoisotopic (exact) mass is 508 g/mol. The molecule has 0 aliphatic carbocycles. The number of hydrogen-bond donors (Lipinski definition) is 0. The molecule has 172 valence electrons. The standard InChI is InChI=1S/C26H22Cl2N4OS/c1-17-6-8-19(9-7-17)25-29-30-26(32(25)21-10-11-22(27)23(28)14-21)34-16-24(33)31-13-12-18-4-2-3-5-20(18)15-31/h2-11,14H,12-13,15-16H2,1H3. The highest BCUT2D eigenvalue weighted by atomic mass is 35.5. The topological polar surface area (TPSA) is 51.0 Å². The third-order valence-electron chi connectivity index (χ3n) is 5.91. The molecule has 0 N–H and O–H groups in total. The molecule has 1 aliphatic rings. The zero-order valence-electron chi connectivity index (χ0n) is 18.5. The van der Waals surface area contributed by atoms with Crippen LogP contribution < -0.4 is 0 Å². The Morgan fingerprint density at radius 2 is 1.74 bits per heavy atom. The Balaban J connectivity index is 1.42. The minimum atomic E-state index is 0.0834.